The summed E-state index contributed by atoms with van der Waals surface area (Å²) in [5.41, 5.74) is 3.08. The molecule has 1 saturated carbocycles. The van der Waals surface area contributed by atoms with Gasteiger partial charge in [0.1, 0.15) is 0 Å². The van der Waals surface area contributed by atoms with Crippen LogP contribution < -0.4 is 10.6 Å². The number of aliphatic hydroxyl groups is 1. The minimum absolute atomic E-state index is 0. The molecule has 20 heavy (non-hydrogen) atoms. The van der Waals surface area contributed by atoms with E-state index in [0.717, 1.165) is 43.5 Å². The van der Waals surface area contributed by atoms with Crippen LogP contribution in [0, 0.1) is 5.92 Å². The summed E-state index contributed by atoms with van der Waals surface area (Å²) < 4.78 is 0. The van der Waals surface area contributed by atoms with Gasteiger partial charge in [0.15, 0.2) is 0 Å². The average Bonchev–Trinajstić information content (AvgIpc) is 3.03. The average molecular weight is 297 g/mol. The highest BCUT2D eigenvalue weighted by molar-refractivity contribution is 5.95. The molecule has 1 heterocycles. The Hall–Kier alpha value is -1.26. The van der Waals surface area contributed by atoms with Crippen LogP contribution in [0.2, 0.25) is 0 Å². The Morgan fingerprint density at radius 2 is 2.25 bits per heavy atom. The number of carbonyl (C=O) groups is 1. The fraction of sp³-hybridized carbons (Fsp3) is 0.533. The van der Waals surface area contributed by atoms with Crippen molar-refractivity contribution >= 4 is 24.0 Å². The zero-order valence-corrected chi connectivity index (χ0v) is 12.2. The molecule has 1 aromatic rings. The number of aliphatic hydroxyl groups excluding tert-OH is 1. The van der Waals surface area contributed by atoms with Gasteiger partial charge in [0.05, 0.1) is 6.10 Å². The van der Waals surface area contributed by atoms with E-state index in [1.807, 2.05) is 18.2 Å². The topological polar surface area (TPSA) is 61.4 Å². The van der Waals surface area contributed by atoms with Gasteiger partial charge < -0.3 is 15.7 Å². The summed E-state index contributed by atoms with van der Waals surface area (Å²) in [6, 6.07) is 5.80. The van der Waals surface area contributed by atoms with Crippen LogP contribution in [0.5, 0.6) is 0 Å². The minimum atomic E-state index is -0.246. The number of rotatable bonds is 3. The Kier molecular flexibility index (Phi) is 4.89. The van der Waals surface area contributed by atoms with Gasteiger partial charge in [-0.05, 0) is 43.0 Å². The lowest BCUT2D eigenvalue weighted by Gasteiger charge is -2.15. The smallest absolute Gasteiger partial charge is 0.251 e. The number of anilines is 1. The van der Waals surface area contributed by atoms with Crippen LogP contribution in [0.15, 0.2) is 18.2 Å². The zero-order chi connectivity index (χ0) is 13.2. The number of fused-ring (bicyclic) bond motifs is 1. The minimum Gasteiger partial charge on any atom is -0.393 e. The second kappa shape index (κ2) is 6.46. The number of hydrogen-bond donors (Lipinski definition) is 3. The first kappa shape index (κ1) is 15.1. The molecule has 0 aromatic heterocycles. The highest BCUT2D eigenvalue weighted by atomic mass is 35.5. The zero-order valence-electron chi connectivity index (χ0n) is 11.4. The SMILES string of the molecule is Cl.O=C(NCC1CCCC1O)c1ccc2c(c1)CCN2. The van der Waals surface area contributed by atoms with E-state index in [4.69, 9.17) is 0 Å². The summed E-state index contributed by atoms with van der Waals surface area (Å²) >= 11 is 0. The number of carbonyl (C=O) groups excluding carboxylic acids is 1. The number of amides is 1. The van der Waals surface area contributed by atoms with Crippen molar-refractivity contribution in [3.05, 3.63) is 29.3 Å². The fourth-order valence-corrected chi connectivity index (χ4v) is 3.03. The highest BCUT2D eigenvalue weighted by Gasteiger charge is 2.25. The van der Waals surface area contributed by atoms with E-state index in [0.29, 0.717) is 6.54 Å². The van der Waals surface area contributed by atoms with Crippen LogP contribution >= 0.6 is 12.4 Å². The van der Waals surface area contributed by atoms with E-state index >= 15 is 0 Å². The molecule has 110 valence electrons. The normalized spacial score (nSPS) is 23.6. The molecule has 1 aromatic carbocycles. The number of benzene rings is 1. The van der Waals surface area contributed by atoms with Crippen LogP contribution in [0.3, 0.4) is 0 Å². The number of halogens is 1. The quantitative estimate of drug-likeness (QED) is 0.799. The molecule has 1 amide bonds. The molecule has 1 fully saturated rings. The maximum absolute atomic E-state index is 12.1. The largest absolute Gasteiger partial charge is 0.393 e. The third-order valence-corrected chi connectivity index (χ3v) is 4.22. The van der Waals surface area contributed by atoms with Crippen LogP contribution in [0.25, 0.3) is 0 Å². The molecule has 0 spiro atoms. The van der Waals surface area contributed by atoms with Crippen molar-refractivity contribution in [2.45, 2.75) is 31.8 Å². The summed E-state index contributed by atoms with van der Waals surface area (Å²) in [7, 11) is 0. The van der Waals surface area contributed by atoms with Crippen molar-refractivity contribution in [1.82, 2.24) is 5.32 Å². The van der Waals surface area contributed by atoms with Gasteiger partial charge in [-0.2, -0.15) is 0 Å². The Bertz CT molecular complexity index is 493. The highest BCUT2D eigenvalue weighted by Crippen LogP contribution is 2.25. The van der Waals surface area contributed by atoms with E-state index in [-0.39, 0.29) is 30.3 Å². The fourth-order valence-electron chi connectivity index (χ4n) is 3.03. The number of hydrogen-bond acceptors (Lipinski definition) is 3. The molecule has 0 bridgehead atoms. The molecule has 0 saturated heterocycles. The molecular weight excluding hydrogens is 276 g/mol. The summed E-state index contributed by atoms with van der Waals surface area (Å²) in [6.07, 6.45) is 3.68. The van der Waals surface area contributed by atoms with Crippen LogP contribution in [-0.2, 0) is 6.42 Å². The summed E-state index contributed by atoms with van der Waals surface area (Å²) in [4.78, 5) is 12.1. The maximum Gasteiger partial charge on any atom is 0.251 e. The molecule has 2 aliphatic rings. The Balaban J connectivity index is 0.00000147. The van der Waals surface area contributed by atoms with Crippen LogP contribution in [0.1, 0.15) is 35.2 Å². The van der Waals surface area contributed by atoms with Crippen molar-refractivity contribution in [3.63, 3.8) is 0 Å². The predicted octanol–water partition coefficient (Wildman–Crippen LogP) is 1.97. The number of nitrogens with one attached hydrogen (secondary N) is 2. The van der Waals surface area contributed by atoms with E-state index in [2.05, 4.69) is 10.6 Å². The Morgan fingerprint density at radius 1 is 1.40 bits per heavy atom. The molecule has 5 heteroatoms. The van der Waals surface area contributed by atoms with Crippen molar-refractivity contribution < 1.29 is 9.90 Å². The van der Waals surface area contributed by atoms with Gasteiger partial charge in [-0.3, -0.25) is 4.79 Å². The lowest BCUT2D eigenvalue weighted by molar-refractivity contribution is 0.0916. The molecule has 4 nitrogen and oxygen atoms in total. The molecule has 3 N–H and O–H groups in total. The Labute approximate surface area is 125 Å². The van der Waals surface area contributed by atoms with E-state index in [1.54, 1.807) is 0 Å². The predicted molar refractivity (Wildman–Crippen MR) is 81.6 cm³/mol. The molecule has 1 aliphatic heterocycles. The van der Waals surface area contributed by atoms with E-state index in [1.165, 1.54) is 5.56 Å². The summed E-state index contributed by atoms with van der Waals surface area (Å²) in [5.74, 6) is 0.189. The van der Waals surface area contributed by atoms with E-state index in [9.17, 15) is 9.90 Å². The molecule has 0 radical (unpaired) electrons. The first-order valence-corrected chi connectivity index (χ1v) is 7.07. The van der Waals surface area contributed by atoms with Gasteiger partial charge >= 0.3 is 0 Å². The van der Waals surface area contributed by atoms with Crippen molar-refractivity contribution in [2.75, 3.05) is 18.4 Å². The van der Waals surface area contributed by atoms with Gasteiger partial charge in [-0.1, -0.05) is 6.42 Å². The van der Waals surface area contributed by atoms with Gasteiger partial charge in [0, 0.05) is 30.3 Å². The lowest BCUT2D eigenvalue weighted by Crippen LogP contribution is -2.32. The lowest BCUT2D eigenvalue weighted by atomic mass is 10.1. The summed E-state index contributed by atoms with van der Waals surface area (Å²) in [6.45, 7) is 1.53. The van der Waals surface area contributed by atoms with E-state index < -0.39 is 0 Å². The monoisotopic (exact) mass is 296 g/mol. The molecule has 1 aliphatic carbocycles. The van der Waals surface area contributed by atoms with Crippen molar-refractivity contribution in [1.29, 1.82) is 0 Å². The second-order valence-corrected chi connectivity index (χ2v) is 5.52. The molecule has 2 unspecified atom stereocenters. The first-order valence-electron chi connectivity index (χ1n) is 7.07. The standard InChI is InChI=1S/C15H20N2O2.ClH/c18-14-3-1-2-12(14)9-17-15(19)11-4-5-13-10(8-11)6-7-16-13;/h4-5,8,12,14,16,18H,1-3,6-7,9H2,(H,17,19);1H. The third kappa shape index (κ3) is 3.07. The molecule has 2 atom stereocenters. The van der Waals surface area contributed by atoms with Gasteiger partial charge in [-0.15, -0.1) is 12.4 Å². The first-order chi connectivity index (χ1) is 9.24. The molecule has 3 rings (SSSR count). The van der Waals surface area contributed by atoms with Gasteiger partial charge in [0.2, 0.25) is 0 Å². The second-order valence-electron chi connectivity index (χ2n) is 5.52. The maximum atomic E-state index is 12.1. The van der Waals surface area contributed by atoms with Crippen molar-refractivity contribution in [2.24, 2.45) is 5.92 Å². The molecular formula is C15H21ClN2O2. The van der Waals surface area contributed by atoms with Gasteiger partial charge in [-0.25, -0.2) is 0 Å². The van der Waals surface area contributed by atoms with Gasteiger partial charge in [0.25, 0.3) is 5.91 Å². The summed E-state index contributed by atoms with van der Waals surface area (Å²) in [5, 5.41) is 16.0. The Morgan fingerprint density at radius 3 is 3.00 bits per heavy atom. The third-order valence-electron chi connectivity index (χ3n) is 4.22. The van der Waals surface area contributed by atoms with Crippen LogP contribution in [-0.4, -0.2) is 30.2 Å². The van der Waals surface area contributed by atoms with Crippen LogP contribution in [0.4, 0.5) is 5.69 Å². The van der Waals surface area contributed by atoms with Crippen molar-refractivity contribution in [3.8, 4) is 0 Å².